The van der Waals surface area contributed by atoms with Crippen LogP contribution in [0.25, 0.3) is 11.4 Å². The molecule has 9 nitrogen and oxygen atoms in total. The Bertz CT molecular complexity index is 1410. The van der Waals surface area contributed by atoms with Gasteiger partial charge in [0.05, 0.1) is 16.3 Å². The third-order valence-electron chi connectivity index (χ3n) is 5.15. The zero-order valence-corrected chi connectivity index (χ0v) is 20.0. The molecule has 0 N–H and O–H groups in total. The maximum absolute atomic E-state index is 11.7. The van der Waals surface area contributed by atoms with Crippen LogP contribution in [-0.4, -0.2) is 24.5 Å². The molecule has 0 fully saturated rings. The smallest absolute Gasteiger partial charge is 0.280 e. The van der Waals surface area contributed by atoms with Crippen LogP contribution < -0.4 is 9.47 Å². The SMILES string of the molecule is O=[N+]([O-])c1ccccc1C(Oc1ccn(-c2ccc(Cl)cc2)n1)Oc1ccn(-c2ccc(Cl)cc2)n1. The summed E-state index contributed by atoms with van der Waals surface area (Å²) in [5, 5.41) is 21.7. The summed E-state index contributed by atoms with van der Waals surface area (Å²) in [5.74, 6) is 0.399. The normalized spacial score (nSPS) is 11.0. The summed E-state index contributed by atoms with van der Waals surface area (Å²) >= 11 is 11.9. The van der Waals surface area contributed by atoms with Crippen molar-refractivity contribution in [1.82, 2.24) is 19.6 Å². The third kappa shape index (κ3) is 5.17. The summed E-state index contributed by atoms with van der Waals surface area (Å²) in [4.78, 5) is 11.2. The summed E-state index contributed by atoms with van der Waals surface area (Å²) < 4.78 is 15.2. The van der Waals surface area contributed by atoms with Gasteiger partial charge in [-0.1, -0.05) is 35.3 Å². The number of nitrogens with zero attached hydrogens (tertiary/aromatic N) is 5. The molecule has 180 valence electrons. The minimum Gasteiger partial charge on any atom is -0.431 e. The predicted octanol–water partition coefficient (Wildman–Crippen LogP) is 6.43. The molecule has 11 heteroatoms. The van der Waals surface area contributed by atoms with Crippen LogP contribution in [0.3, 0.4) is 0 Å². The molecule has 2 heterocycles. The average molecular weight is 522 g/mol. The van der Waals surface area contributed by atoms with Crippen LogP contribution in [0.4, 0.5) is 5.69 Å². The molecule has 0 spiro atoms. The van der Waals surface area contributed by atoms with Crippen molar-refractivity contribution < 1.29 is 14.4 Å². The lowest BCUT2D eigenvalue weighted by Gasteiger charge is -2.18. The number of hydrogen-bond acceptors (Lipinski definition) is 6. The minimum atomic E-state index is -1.20. The van der Waals surface area contributed by atoms with Gasteiger partial charge in [0.25, 0.3) is 12.0 Å². The number of benzene rings is 3. The number of aromatic nitrogens is 4. The highest BCUT2D eigenvalue weighted by Gasteiger charge is 2.27. The van der Waals surface area contributed by atoms with Crippen LogP contribution in [0.2, 0.25) is 10.0 Å². The van der Waals surface area contributed by atoms with Gasteiger partial charge in [-0.2, -0.15) is 0 Å². The van der Waals surface area contributed by atoms with Gasteiger partial charge in [0.2, 0.25) is 11.8 Å². The van der Waals surface area contributed by atoms with Crippen molar-refractivity contribution >= 4 is 28.9 Å². The number of nitro benzene ring substituents is 1. The summed E-state index contributed by atoms with van der Waals surface area (Å²) in [6, 6.07) is 23.6. The fraction of sp³-hybridized carbons (Fsp3) is 0.0400. The maximum atomic E-state index is 11.7. The van der Waals surface area contributed by atoms with Gasteiger partial charge in [-0.05, 0) is 54.6 Å². The van der Waals surface area contributed by atoms with E-state index >= 15 is 0 Å². The Morgan fingerprint density at radius 2 is 1.19 bits per heavy atom. The summed E-state index contributed by atoms with van der Waals surface area (Å²) in [6.45, 7) is 0. The largest absolute Gasteiger partial charge is 0.431 e. The second-order valence-electron chi connectivity index (χ2n) is 7.53. The number of ether oxygens (including phenoxy) is 2. The van der Waals surface area contributed by atoms with Crippen LogP contribution in [0.15, 0.2) is 97.3 Å². The highest BCUT2D eigenvalue weighted by atomic mass is 35.5. The molecule has 0 aliphatic heterocycles. The Hall–Kier alpha value is -4.34. The van der Waals surface area contributed by atoms with Gasteiger partial charge < -0.3 is 9.47 Å². The number of rotatable bonds is 8. The standard InChI is InChI=1S/C25H17Cl2N5O4/c26-17-5-9-19(10-6-17)30-15-13-23(28-30)35-25(21-3-1-2-4-22(21)32(33)34)36-24-14-16-31(29-24)20-11-7-18(27)8-12-20/h1-16,25H. The molecule has 0 unspecified atom stereocenters. The van der Waals surface area contributed by atoms with E-state index in [4.69, 9.17) is 32.7 Å². The van der Waals surface area contributed by atoms with Crippen LogP contribution in [0, 0.1) is 10.1 Å². The molecule has 2 aromatic heterocycles. The van der Waals surface area contributed by atoms with Crippen molar-refractivity contribution in [1.29, 1.82) is 0 Å². The van der Waals surface area contributed by atoms with Crippen LogP contribution in [-0.2, 0) is 0 Å². The van der Waals surface area contributed by atoms with Gasteiger partial charge in [-0.25, -0.2) is 9.36 Å². The topological polar surface area (TPSA) is 97.2 Å². The second-order valence-corrected chi connectivity index (χ2v) is 8.41. The minimum absolute atomic E-state index is 0.156. The van der Waals surface area contributed by atoms with E-state index in [-0.39, 0.29) is 23.0 Å². The van der Waals surface area contributed by atoms with Gasteiger partial charge in [0.1, 0.15) is 5.56 Å². The number of para-hydroxylation sites is 1. The maximum Gasteiger partial charge on any atom is 0.280 e. The van der Waals surface area contributed by atoms with E-state index in [2.05, 4.69) is 10.2 Å². The van der Waals surface area contributed by atoms with Crippen molar-refractivity contribution in [2.24, 2.45) is 0 Å². The van der Waals surface area contributed by atoms with Gasteiger partial charge in [0, 0.05) is 40.6 Å². The Morgan fingerprint density at radius 3 is 1.67 bits per heavy atom. The number of nitro groups is 1. The lowest BCUT2D eigenvalue weighted by Crippen LogP contribution is -2.17. The molecule has 0 radical (unpaired) electrons. The molecule has 0 aliphatic rings. The molecule has 0 atom stereocenters. The first-order valence-corrected chi connectivity index (χ1v) is 11.4. The van der Waals surface area contributed by atoms with Crippen LogP contribution in [0.1, 0.15) is 11.9 Å². The molecule has 0 bridgehead atoms. The Morgan fingerprint density at radius 1 is 0.722 bits per heavy atom. The van der Waals surface area contributed by atoms with Crippen molar-refractivity contribution in [2.45, 2.75) is 6.29 Å². The molecule has 0 saturated carbocycles. The second kappa shape index (κ2) is 10.1. The van der Waals surface area contributed by atoms with Crippen molar-refractivity contribution in [3.63, 3.8) is 0 Å². The number of halogens is 2. The van der Waals surface area contributed by atoms with E-state index in [0.717, 1.165) is 11.4 Å². The molecule has 0 saturated heterocycles. The van der Waals surface area contributed by atoms with Gasteiger partial charge >= 0.3 is 0 Å². The van der Waals surface area contributed by atoms with Crippen LogP contribution >= 0.6 is 23.2 Å². The van der Waals surface area contributed by atoms with Crippen molar-refractivity contribution in [3.05, 3.63) is 123 Å². The predicted molar refractivity (Wildman–Crippen MR) is 134 cm³/mol. The van der Waals surface area contributed by atoms with Gasteiger partial charge in [-0.3, -0.25) is 10.1 Å². The lowest BCUT2D eigenvalue weighted by molar-refractivity contribution is -0.386. The fourth-order valence-corrected chi connectivity index (χ4v) is 3.69. The molecular weight excluding hydrogens is 505 g/mol. The van der Waals surface area contributed by atoms with Crippen LogP contribution in [0.5, 0.6) is 11.8 Å². The Kier molecular flexibility index (Phi) is 6.57. The van der Waals surface area contributed by atoms with E-state index < -0.39 is 11.2 Å². The summed E-state index contributed by atoms with van der Waals surface area (Å²) in [5.41, 5.74) is 1.58. The quantitative estimate of drug-likeness (QED) is 0.132. The molecule has 0 amide bonds. The first-order valence-electron chi connectivity index (χ1n) is 10.7. The molecule has 3 aromatic carbocycles. The zero-order chi connectivity index (χ0) is 25.1. The van der Waals surface area contributed by atoms with E-state index in [1.54, 1.807) is 101 Å². The molecule has 5 aromatic rings. The molecule has 5 rings (SSSR count). The summed E-state index contributed by atoms with van der Waals surface area (Å²) in [7, 11) is 0. The summed E-state index contributed by atoms with van der Waals surface area (Å²) in [6.07, 6.45) is 2.20. The first-order chi connectivity index (χ1) is 17.5. The highest BCUT2D eigenvalue weighted by molar-refractivity contribution is 6.30. The highest BCUT2D eigenvalue weighted by Crippen LogP contribution is 2.31. The Labute approximate surface area is 215 Å². The molecule has 0 aliphatic carbocycles. The van der Waals surface area contributed by atoms with Gasteiger partial charge in [-0.15, -0.1) is 10.2 Å². The third-order valence-corrected chi connectivity index (χ3v) is 5.66. The number of hydrogen-bond donors (Lipinski definition) is 0. The Balaban J connectivity index is 1.45. The zero-order valence-electron chi connectivity index (χ0n) is 18.4. The van der Waals surface area contributed by atoms with E-state index in [1.165, 1.54) is 6.07 Å². The van der Waals surface area contributed by atoms with Gasteiger partial charge in [0.15, 0.2) is 0 Å². The molecular formula is C25H17Cl2N5O4. The monoisotopic (exact) mass is 521 g/mol. The van der Waals surface area contributed by atoms with E-state index in [9.17, 15) is 10.1 Å². The first kappa shape index (κ1) is 23.4. The fourth-order valence-electron chi connectivity index (χ4n) is 3.44. The van der Waals surface area contributed by atoms with E-state index in [1.807, 2.05) is 0 Å². The van der Waals surface area contributed by atoms with Crippen molar-refractivity contribution in [2.75, 3.05) is 0 Å². The van der Waals surface area contributed by atoms with E-state index in [0.29, 0.717) is 10.0 Å². The van der Waals surface area contributed by atoms with Crippen molar-refractivity contribution in [3.8, 4) is 23.1 Å². The molecule has 36 heavy (non-hydrogen) atoms. The average Bonchev–Trinajstić information content (AvgIpc) is 3.55. The lowest BCUT2D eigenvalue weighted by atomic mass is 10.1.